The third kappa shape index (κ3) is 6.58. The summed E-state index contributed by atoms with van der Waals surface area (Å²) in [4.78, 5) is 14.3. The molecule has 1 fully saturated rings. The Labute approximate surface area is 138 Å². The smallest absolute Gasteiger partial charge is 0.319 e. The van der Waals surface area contributed by atoms with Crippen LogP contribution in [0.15, 0.2) is 12.4 Å². The van der Waals surface area contributed by atoms with E-state index in [0.29, 0.717) is 18.7 Å². The Morgan fingerprint density at radius 2 is 2.13 bits per heavy atom. The number of aliphatic hydroxyl groups excluding tert-OH is 1. The molecular formula is C16H29N5O2. The summed E-state index contributed by atoms with van der Waals surface area (Å²) in [5.41, 5.74) is 0.705. The van der Waals surface area contributed by atoms with E-state index in [9.17, 15) is 4.79 Å². The number of nitrogens with one attached hydrogen (secondary N) is 2. The van der Waals surface area contributed by atoms with Gasteiger partial charge in [0.2, 0.25) is 0 Å². The van der Waals surface area contributed by atoms with Crippen LogP contribution in [0.2, 0.25) is 0 Å². The number of carbonyl (C=O) groups is 1. The summed E-state index contributed by atoms with van der Waals surface area (Å²) in [6.45, 7) is 6.91. The monoisotopic (exact) mass is 323 g/mol. The van der Waals surface area contributed by atoms with Gasteiger partial charge in [0.05, 0.1) is 18.4 Å². The van der Waals surface area contributed by atoms with Crippen LogP contribution in [0.25, 0.3) is 0 Å². The maximum Gasteiger partial charge on any atom is 0.319 e. The van der Waals surface area contributed by atoms with Gasteiger partial charge >= 0.3 is 6.03 Å². The highest BCUT2D eigenvalue weighted by atomic mass is 16.3. The molecule has 1 aliphatic rings. The molecule has 0 aromatic carbocycles. The number of likely N-dealkylation sites (tertiary alicyclic amines) is 1. The Morgan fingerprint density at radius 1 is 1.35 bits per heavy atom. The van der Waals surface area contributed by atoms with Crippen LogP contribution in [0.5, 0.6) is 0 Å². The van der Waals surface area contributed by atoms with Gasteiger partial charge in [0.15, 0.2) is 0 Å². The number of carbonyl (C=O) groups excluding carboxylic acids is 1. The summed E-state index contributed by atoms with van der Waals surface area (Å²) in [6, 6.07) is -0.231. The molecule has 1 saturated heterocycles. The molecule has 3 N–H and O–H groups in total. The largest absolute Gasteiger partial charge is 0.396 e. The van der Waals surface area contributed by atoms with E-state index in [2.05, 4.69) is 20.6 Å². The van der Waals surface area contributed by atoms with Crippen molar-refractivity contribution in [2.75, 3.05) is 38.1 Å². The lowest BCUT2D eigenvalue weighted by molar-refractivity contribution is 0.218. The zero-order chi connectivity index (χ0) is 16.5. The number of rotatable bonds is 8. The van der Waals surface area contributed by atoms with Crippen LogP contribution in [-0.4, -0.2) is 58.6 Å². The van der Waals surface area contributed by atoms with Crippen molar-refractivity contribution in [1.82, 2.24) is 20.0 Å². The van der Waals surface area contributed by atoms with Crippen LogP contribution < -0.4 is 10.6 Å². The Morgan fingerprint density at radius 3 is 2.87 bits per heavy atom. The number of aliphatic hydroxyl groups is 1. The van der Waals surface area contributed by atoms with Crippen molar-refractivity contribution in [3.8, 4) is 0 Å². The Balaban J connectivity index is 1.68. The Kier molecular flexibility index (Phi) is 7.35. The first-order chi connectivity index (χ1) is 11.2. The molecule has 130 valence electrons. The standard InChI is InChI=1S/C16H29N5O2/c1-14(5-10-22)11-17-16(23)19-15-12-18-21(13-15)9-8-20-6-3-2-4-7-20/h12-14,22H,2-11H2,1H3,(H2,17,19,23). The summed E-state index contributed by atoms with van der Waals surface area (Å²) in [6.07, 6.45) is 8.16. The van der Waals surface area contributed by atoms with Crippen LogP contribution in [-0.2, 0) is 6.54 Å². The third-order valence-corrected chi connectivity index (χ3v) is 4.22. The number of nitrogens with zero attached hydrogens (tertiary/aromatic N) is 3. The number of piperidine rings is 1. The highest BCUT2D eigenvalue weighted by molar-refractivity contribution is 5.88. The average Bonchev–Trinajstić information content (AvgIpc) is 3.00. The van der Waals surface area contributed by atoms with Gasteiger partial charge in [0, 0.05) is 25.9 Å². The number of hydrogen-bond acceptors (Lipinski definition) is 4. The molecule has 0 aliphatic carbocycles. The lowest BCUT2D eigenvalue weighted by Crippen LogP contribution is -2.33. The van der Waals surface area contributed by atoms with Crippen molar-refractivity contribution in [1.29, 1.82) is 0 Å². The highest BCUT2D eigenvalue weighted by Crippen LogP contribution is 2.09. The van der Waals surface area contributed by atoms with Gasteiger partial charge in [-0.3, -0.25) is 4.68 Å². The summed E-state index contributed by atoms with van der Waals surface area (Å²) in [7, 11) is 0. The minimum absolute atomic E-state index is 0.147. The second-order valence-electron chi connectivity index (χ2n) is 6.35. The van der Waals surface area contributed by atoms with Crippen LogP contribution in [0.1, 0.15) is 32.6 Å². The first kappa shape index (κ1) is 17.7. The Hall–Kier alpha value is -1.60. The van der Waals surface area contributed by atoms with Gasteiger partial charge in [0.25, 0.3) is 0 Å². The van der Waals surface area contributed by atoms with Gasteiger partial charge < -0.3 is 20.6 Å². The molecule has 2 rings (SSSR count). The summed E-state index contributed by atoms with van der Waals surface area (Å²) in [5, 5.41) is 18.7. The summed E-state index contributed by atoms with van der Waals surface area (Å²) in [5.74, 6) is 0.262. The maximum absolute atomic E-state index is 11.8. The molecule has 23 heavy (non-hydrogen) atoms. The minimum Gasteiger partial charge on any atom is -0.396 e. The fraction of sp³-hybridized carbons (Fsp3) is 0.750. The van der Waals surface area contributed by atoms with E-state index >= 15 is 0 Å². The average molecular weight is 323 g/mol. The molecule has 1 aromatic heterocycles. The molecule has 2 heterocycles. The molecule has 0 saturated carbocycles. The number of aromatic nitrogens is 2. The molecule has 2 amide bonds. The molecule has 0 spiro atoms. The van der Waals surface area contributed by atoms with E-state index in [0.717, 1.165) is 13.1 Å². The molecule has 1 aromatic rings. The lowest BCUT2D eigenvalue weighted by Gasteiger charge is -2.26. The van der Waals surface area contributed by atoms with Gasteiger partial charge in [-0.2, -0.15) is 5.10 Å². The zero-order valence-electron chi connectivity index (χ0n) is 14.0. The predicted octanol–water partition coefficient (Wildman–Crippen LogP) is 1.51. The second kappa shape index (κ2) is 9.52. The maximum atomic E-state index is 11.8. The number of urea groups is 1. The fourth-order valence-electron chi connectivity index (χ4n) is 2.74. The lowest BCUT2D eigenvalue weighted by atomic mass is 10.1. The van der Waals surface area contributed by atoms with Crippen LogP contribution in [0.3, 0.4) is 0 Å². The Bertz CT molecular complexity index is 471. The first-order valence-electron chi connectivity index (χ1n) is 8.58. The van der Waals surface area contributed by atoms with Crippen LogP contribution in [0.4, 0.5) is 10.5 Å². The normalized spacial score (nSPS) is 17.0. The van der Waals surface area contributed by atoms with E-state index in [4.69, 9.17) is 5.11 Å². The predicted molar refractivity (Wildman–Crippen MR) is 90.4 cm³/mol. The van der Waals surface area contributed by atoms with E-state index < -0.39 is 0 Å². The third-order valence-electron chi connectivity index (χ3n) is 4.22. The second-order valence-corrected chi connectivity index (χ2v) is 6.35. The molecule has 1 aliphatic heterocycles. The number of anilines is 1. The van der Waals surface area contributed by atoms with E-state index in [1.807, 2.05) is 17.8 Å². The van der Waals surface area contributed by atoms with Crippen molar-refractivity contribution in [2.45, 2.75) is 39.2 Å². The van der Waals surface area contributed by atoms with Gasteiger partial charge in [-0.25, -0.2) is 4.79 Å². The molecule has 1 atom stereocenters. The summed E-state index contributed by atoms with van der Waals surface area (Å²) >= 11 is 0. The minimum atomic E-state index is -0.231. The van der Waals surface area contributed by atoms with Crippen molar-refractivity contribution in [3.63, 3.8) is 0 Å². The number of amides is 2. The zero-order valence-corrected chi connectivity index (χ0v) is 14.0. The van der Waals surface area contributed by atoms with Gasteiger partial charge in [-0.05, 0) is 38.3 Å². The molecule has 1 unspecified atom stereocenters. The molecule has 0 bridgehead atoms. The fourth-order valence-corrected chi connectivity index (χ4v) is 2.74. The van der Waals surface area contributed by atoms with Crippen molar-refractivity contribution in [2.24, 2.45) is 5.92 Å². The van der Waals surface area contributed by atoms with E-state index in [1.165, 1.54) is 32.4 Å². The van der Waals surface area contributed by atoms with Crippen LogP contribution >= 0.6 is 0 Å². The summed E-state index contributed by atoms with van der Waals surface area (Å²) < 4.78 is 1.87. The molecule has 7 nitrogen and oxygen atoms in total. The first-order valence-corrected chi connectivity index (χ1v) is 8.58. The van der Waals surface area contributed by atoms with Crippen molar-refractivity contribution >= 4 is 11.7 Å². The topological polar surface area (TPSA) is 82.4 Å². The highest BCUT2D eigenvalue weighted by Gasteiger charge is 2.10. The van der Waals surface area contributed by atoms with Gasteiger partial charge in [-0.15, -0.1) is 0 Å². The molecule has 0 radical (unpaired) electrons. The SMILES string of the molecule is CC(CCO)CNC(=O)Nc1cnn(CCN2CCCCC2)c1. The van der Waals surface area contributed by atoms with Crippen LogP contribution in [0, 0.1) is 5.92 Å². The van der Waals surface area contributed by atoms with E-state index in [-0.39, 0.29) is 18.6 Å². The van der Waals surface area contributed by atoms with Crippen molar-refractivity contribution in [3.05, 3.63) is 12.4 Å². The quantitative estimate of drug-likeness (QED) is 0.677. The molecular weight excluding hydrogens is 294 g/mol. The van der Waals surface area contributed by atoms with E-state index in [1.54, 1.807) is 6.20 Å². The van der Waals surface area contributed by atoms with Gasteiger partial charge in [-0.1, -0.05) is 13.3 Å². The number of hydrogen-bond donors (Lipinski definition) is 3. The van der Waals surface area contributed by atoms with Gasteiger partial charge in [0.1, 0.15) is 0 Å². The molecule has 7 heteroatoms. The van der Waals surface area contributed by atoms with Crippen molar-refractivity contribution < 1.29 is 9.90 Å².